The van der Waals surface area contributed by atoms with Crippen molar-refractivity contribution >= 4 is 17.4 Å². The number of ether oxygens (including phenoxy) is 1. The Balaban J connectivity index is 1.84. The Bertz CT molecular complexity index is 467. The van der Waals surface area contributed by atoms with Crippen LogP contribution >= 0.6 is 0 Å². The van der Waals surface area contributed by atoms with Gasteiger partial charge in [0.05, 0.1) is 18.5 Å². The van der Waals surface area contributed by atoms with Gasteiger partial charge >= 0.3 is 0 Å². The summed E-state index contributed by atoms with van der Waals surface area (Å²) >= 11 is 0. The predicted molar refractivity (Wildman–Crippen MR) is 84.5 cm³/mol. The van der Waals surface area contributed by atoms with E-state index in [1.807, 2.05) is 18.3 Å². The molecule has 114 valence electrons. The van der Waals surface area contributed by atoms with Crippen molar-refractivity contribution in [2.24, 2.45) is 0 Å². The van der Waals surface area contributed by atoms with Crippen LogP contribution in [0, 0.1) is 0 Å². The normalized spacial score (nSPS) is 15.8. The van der Waals surface area contributed by atoms with Crippen LogP contribution < -0.4 is 10.2 Å². The number of aromatic nitrogens is 1. The predicted octanol–water partition coefficient (Wildman–Crippen LogP) is 2.60. The fourth-order valence-corrected chi connectivity index (χ4v) is 2.25. The molecule has 1 aliphatic heterocycles. The number of nitrogens with zero attached hydrogens (tertiary/aromatic N) is 2. The Morgan fingerprint density at radius 1 is 1.52 bits per heavy atom. The molecule has 0 aliphatic carbocycles. The Morgan fingerprint density at radius 3 is 2.90 bits per heavy atom. The lowest BCUT2D eigenvalue weighted by atomic mass is 10.3. The first kappa shape index (κ1) is 15.5. The molecule has 1 unspecified atom stereocenters. The van der Waals surface area contributed by atoms with E-state index in [9.17, 15) is 4.79 Å². The van der Waals surface area contributed by atoms with E-state index in [0.29, 0.717) is 12.4 Å². The number of anilines is 2. The number of nitrogens with one attached hydrogen (secondary N) is 1. The summed E-state index contributed by atoms with van der Waals surface area (Å²) in [7, 11) is 0. The summed E-state index contributed by atoms with van der Waals surface area (Å²) in [6.45, 7) is 8.02. The molecule has 0 spiro atoms. The SMILES string of the molecule is C=CCCOC(C)C(=O)Nc1ccc(N2CCCC2)cn1. The number of carbonyl (C=O) groups is 1. The first-order valence-electron chi connectivity index (χ1n) is 7.45. The summed E-state index contributed by atoms with van der Waals surface area (Å²) in [5, 5.41) is 2.77. The van der Waals surface area contributed by atoms with Gasteiger partial charge in [0.1, 0.15) is 11.9 Å². The molecule has 1 aromatic heterocycles. The molecule has 1 amide bonds. The summed E-state index contributed by atoms with van der Waals surface area (Å²) in [6.07, 6.45) is 6.29. The first-order chi connectivity index (χ1) is 10.2. The van der Waals surface area contributed by atoms with E-state index in [1.54, 1.807) is 13.0 Å². The topological polar surface area (TPSA) is 54.5 Å². The van der Waals surface area contributed by atoms with Gasteiger partial charge in [0.2, 0.25) is 0 Å². The molecule has 1 aromatic rings. The monoisotopic (exact) mass is 289 g/mol. The quantitative estimate of drug-likeness (QED) is 0.619. The van der Waals surface area contributed by atoms with Crippen LogP contribution in [0.1, 0.15) is 26.2 Å². The summed E-state index contributed by atoms with van der Waals surface area (Å²) in [5.41, 5.74) is 1.11. The molecule has 0 saturated carbocycles. The molecule has 0 aromatic carbocycles. The minimum Gasteiger partial charge on any atom is -0.370 e. The van der Waals surface area contributed by atoms with Crippen molar-refractivity contribution in [3.63, 3.8) is 0 Å². The zero-order chi connectivity index (χ0) is 15.1. The second-order valence-corrected chi connectivity index (χ2v) is 5.18. The summed E-state index contributed by atoms with van der Waals surface area (Å²) in [6, 6.07) is 3.83. The van der Waals surface area contributed by atoms with Crippen molar-refractivity contribution in [1.29, 1.82) is 0 Å². The van der Waals surface area contributed by atoms with Crippen molar-refractivity contribution in [1.82, 2.24) is 4.98 Å². The van der Waals surface area contributed by atoms with E-state index in [0.717, 1.165) is 25.2 Å². The van der Waals surface area contributed by atoms with Crippen molar-refractivity contribution in [3.8, 4) is 0 Å². The van der Waals surface area contributed by atoms with E-state index in [1.165, 1.54) is 12.8 Å². The molecule has 1 fully saturated rings. The molecule has 2 rings (SSSR count). The van der Waals surface area contributed by atoms with Gasteiger partial charge in [-0.05, 0) is 38.3 Å². The van der Waals surface area contributed by atoms with Gasteiger partial charge in [-0.2, -0.15) is 0 Å². The summed E-state index contributed by atoms with van der Waals surface area (Å²) in [4.78, 5) is 18.5. The van der Waals surface area contributed by atoms with E-state index >= 15 is 0 Å². The van der Waals surface area contributed by atoms with Crippen LogP contribution in [0.4, 0.5) is 11.5 Å². The van der Waals surface area contributed by atoms with Gasteiger partial charge in [-0.25, -0.2) is 4.98 Å². The second kappa shape index (κ2) is 7.78. The lowest BCUT2D eigenvalue weighted by molar-refractivity contribution is -0.126. The molecule has 5 nitrogen and oxygen atoms in total. The number of rotatable bonds is 7. The number of hydrogen-bond acceptors (Lipinski definition) is 4. The molecule has 21 heavy (non-hydrogen) atoms. The summed E-state index contributed by atoms with van der Waals surface area (Å²) in [5.74, 6) is 0.377. The van der Waals surface area contributed by atoms with Crippen molar-refractivity contribution in [2.75, 3.05) is 29.9 Å². The van der Waals surface area contributed by atoms with Crippen molar-refractivity contribution < 1.29 is 9.53 Å². The van der Waals surface area contributed by atoms with Crippen LogP contribution in [0.25, 0.3) is 0 Å². The molecule has 1 N–H and O–H groups in total. The summed E-state index contributed by atoms with van der Waals surface area (Å²) < 4.78 is 5.40. The number of hydrogen-bond donors (Lipinski definition) is 1. The van der Waals surface area contributed by atoms with Crippen molar-refractivity contribution in [2.45, 2.75) is 32.3 Å². The largest absolute Gasteiger partial charge is 0.370 e. The lowest BCUT2D eigenvalue weighted by Gasteiger charge is -2.17. The maximum Gasteiger partial charge on any atom is 0.254 e. The fraction of sp³-hybridized carbons (Fsp3) is 0.500. The van der Waals surface area contributed by atoms with Gasteiger partial charge in [-0.3, -0.25) is 4.79 Å². The molecule has 2 heterocycles. The smallest absolute Gasteiger partial charge is 0.254 e. The van der Waals surface area contributed by atoms with Gasteiger partial charge in [-0.15, -0.1) is 6.58 Å². The molecule has 1 saturated heterocycles. The molecule has 1 aliphatic rings. The highest BCUT2D eigenvalue weighted by Crippen LogP contribution is 2.20. The van der Waals surface area contributed by atoms with Gasteiger partial charge in [0.15, 0.2) is 0 Å². The van der Waals surface area contributed by atoms with Gasteiger partial charge in [0, 0.05) is 13.1 Å². The fourth-order valence-electron chi connectivity index (χ4n) is 2.25. The highest BCUT2D eigenvalue weighted by atomic mass is 16.5. The number of carbonyl (C=O) groups excluding carboxylic acids is 1. The lowest BCUT2D eigenvalue weighted by Crippen LogP contribution is -2.28. The Morgan fingerprint density at radius 2 is 2.29 bits per heavy atom. The van der Waals surface area contributed by atoms with Gasteiger partial charge < -0.3 is 15.0 Å². The van der Waals surface area contributed by atoms with Crippen LogP contribution in [0.3, 0.4) is 0 Å². The van der Waals surface area contributed by atoms with Crippen LogP contribution in [0.15, 0.2) is 31.0 Å². The minimum atomic E-state index is -0.495. The molecular weight excluding hydrogens is 266 g/mol. The number of pyridine rings is 1. The van der Waals surface area contributed by atoms with Gasteiger partial charge in [-0.1, -0.05) is 6.08 Å². The maximum atomic E-state index is 11.9. The van der Waals surface area contributed by atoms with E-state index < -0.39 is 6.10 Å². The van der Waals surface area contributed by atoms with E-state index in [2.05, 4.69) is 21.8 Å². The molecule has 0 radical (unpaired) electrons. The molecule has 1 atom stereocenters. The van der Waals surface area contributed by atoms with E-state index in [4.69, 9.17) is 4.74 Å². The highest BCUT2D eigenvalue weighted by molar-refractivity contribution is 5.93. The van der Waals surface area contributed by atoms with Crippen molar-refractivity contribution in [3.05, 3.63) is 31.0 Å². The average Bonchev–Trinajstić information content (AvgIpc) is 3.02. The first-order valence-corrected chi connectivity index (χ1v) is 7.45. The Kier molecular flexibility index (Phi) is 5.75. The Hall–Kier alpha value is -1.88. The Labute approximate surface area is 126 Å². The standard InChI is InChI=1S/C16H23N3O2/c1-3-4-11-21-13(2)16(20)18-15-8-7-14(12-17-15)19-9-5-6-10-19/h3,7-8,12-13H,1,4-6,9-11H2,2H3,(H,17,18,20). The molecule has 5 heteroatoms. The van der Waals surface area contributed by atoms with Crippen LogP contribution in [0.2, 0.25) is 0 Å². The zero-order valence-electron chi connectivity index (χ0n) is 12.5. The average molecular weight is 289 g/mol. The van der Waals surface area contributed by atoms with Gasteiger partial charge in [0.25, 0.3) is 5.91 Å². The van der Waals surface area contributed by atoms with Crippen LogP contribution in [-0.2, 0) is 9.53 Å². The third-order valence-corrected chi connectivity index (χ3v) is 3.53. The van der Waals surface area contributed by atoms with Crippen LogP contribution in [0.5, 0.6) is 0 Å². The third-order valence-electron chi connectivity index (χ3n) is 3.53. The highest BCUT2D eigenvalue weighted by Gasteiger charge is 2.15. The third kappa shape index (κ3) is 4.56. The van der Waals surface area contributed by atoms with E-state index in [-0.39, 0.29) is 5.91 Å². The number of amides is 1. The minimum absolute atomic E-state index is 0.180. The second-order valence-electron chi connectivity index (χ2n) is 5.18. The van der Waals surface area contributed by atoms with Crippen LogP contribution in [-0.4, -0.2) is 36.7 Å². The zero-order valence-corrected chi connectivity index (χ0v) is 12.5. The maximum absolute atomic E-state index is 11.9. The molecule has 0 bridgehead atoms. The molecular formula is C16H23N3O2.